The van der Waals surface area contributed by atoms with Gasteiger partial charge in [0.2, 0.25) is 0 Å². The molecule has 0 bridgehead atoms. The molecule has 11 heavy (non-hydrogen) atoms. The number of rotatable bonds is 1. The van der Waals surface area contributed by atoms with Crippen LogP contribution in [-0.4, -0.2) is 0 Å². The van der Waals surface area contributed by atoms with Crippen LogP contribution in [0.1, 0.15) is 13.3 Å². The molecule has 0 atom stereocenters. The molecule has 0 unspecified atom stereocenters. The number of hydrogen-bond acceptors (Lipinski definition) is 1. The van der Waals surface area contributed by atoms with Crippen LogP contribution in [0.3, 0.4) is 0 Å². The first-order chi connectivity index (χ1) is 5.33. The van der Waals surface area contributed by atoms with Gasteiger partial charge in [-0.15, -0.1) is 0 Å². The summed E-state index contributed by atoms with van der Waals surface area (Å²) < 4.78 is 0. The van der Waals surface area contributed by atoms with Gasteiger partial charge in [0.05, 0.1) is 0 Å². The molecule has 1 aliphatic carbocycles. The molecule has 0 saturated carbocycles. The maximum Gasteiger partial charge on any atom is -0.00324 e. The van der Waals surface area contributed by atoms with E-state index in [1.165, 1.54) is 5.57 Å². The maximum absolute atomic E-state index is 5.34. The summed E-state index contributed by atoms with van der Waals surface area (Å²) in [5, 5.41) is 0. The summed E-state index contributed by atoms with van der Waals surface area (Å²) in [6, 6.07) is 0. The average molecular weight is 147 g/mol. The van der Waals surface area contributed by atoms with Crippen molar-refractivity contribution in [1.82, 2.24) is 0 Å². The van der Waals surface area contributed by atoms with Gasteiger partial charge in [-0.3, -0.25) is 0 Å². The topological polar surface area (TPSA) is 26.0 Å². The average Bonchev–Trinajstić information content (AvgIpc) is 2.06. The summed E-state index contributed by atoms with van der Waals surface area (Å²) in [4.78, 5) is 0. The third-order valence-corrected chi connectivity index (χ3v) is 1.59. The fourth-order valence-electron chi connectivity index (χ4n) is 0.977. The first-order valence-corrected chi connectivity index (χ1v) is 3.75. The third-order valence-electron chi connectivity index (χ3n) is 1.59. The molecule has 0 fully saturated rings. The molecular weight excluding hydrogens is 134 g/mol. The zero-order chi connectivity index (χ0) is 8.10. The summed E-state index contributed by atoms with van der Waals surface area (Å²) in [6.45, 7) is 2.00. The predicted octanol–water partition coefficient (Wildman–Crippen LogP) is 2.29. The lowest BCUT2D eigenvalue weighted by atomic mass is 10.1. The smallest absolute Gasteiger partial charge is 0.00324 e. The van der Waals surface area contributed by atoms with Crippen molar-refractivity contribution in [3.63, 3.8) is 0 Å². The molecule has 0 radical (unpaired) electrons. The van der Waals surface area contributed by atoms with E-state index in [1.807, 2.05) is 13.0 Å². The van der Waals surface area contributed by atoms with Crippen LogP contribution in [0.15, 0.2) is 47.7 Å². The lowest BCUT2D eigenvalue weighted by Crippen LogP contribution is -1.85. The quantitative estimate of drug-likeness (QED) is 0.605. The zero-order valence-electron chi connectivity index (χ0n) is 6.75. The molecule has 2 N–H and O–H groups in total. The van der Waals surface area contributed by atoms with Crippen molar-refractivity contribution >= 4 is 0 Å². The Hall–Kier alpha value is -1.24. The molecule has 1 rings (SSSR count). The van der Waals surface area contributed by atoms with Crippen LogP contribution in [-0.2, 0) is 0 Å². The molecule has 0 aromatic carbocycles. The van der Waals surface area contributed by atoms with Crippen LogP contribution in [0.5, 0.6) is 0 Å². The van der Waals surface area contributed by atoms with Crippen molar-refractivity contribution in [3.8, 4) is 0 Å². The number of nitrogens with two attached hydrogens (primary N) is 1. The maximum atomic E-state index is 5.34. The lowest BCUT2D eigenvalue weighted by Gasteiger charge is -2.01. The van der Waals surface area contributed by atoms with Gasteiger partial charge in [-0.25, -0.2) is 0 Å². The van der Waals surface area contributed by atoms with Gasteiger partial charge in [0.15, 0.2) is 0 Å². The highest BCUT2D eigenvalue weighted by molar-refractivity contribution is 5.34. The molecule has 0 saturated heterocycles. The van der Waals surface area contributed by atoms with Crippen LogP contribution in [0.4, 0.5) is 0 Å². The highest BCUT2D eigenvalue weighted by Crippen LogP contribution is 2.11. The largest absolute Gasteiger partial charge is 0.404 e. The molecule has 0 aliphatic heterocycles. The van der Waals surface area contributed by atoms with E-state index in [-0.39, 0.29) is 0 Å². The van der Waals surface area contributed by atoms with Crippen molar-refractivity contribution in [2.24, 2.45) is 5.73 Å². The normalized spacial score (nSPS) is 21.2. The molecule has 58 valence electrons. The first-order valence-electron chi connectivity index (χ1n) is 3.75. The van der Waals surface area contributed by atoms with E-state index in [9.17, 15) is 0 Å². The Bertz CT molecular complexity index is 242. The summed E-state index contributed by atoms with van der Waals surface area (Å²) in [6.07, 6.45) is 13.1. The summed E-state index contributed by atoms with van der Waals surface area (Å²) in [5.74, 6) is 0. The standard InChI is InChI=1S/C10H13N/c1-9(8-11)7-10-5-3-2-4-6-10/h2-5,7-8H,6,11H2,1H3/b9-8-,10-7-. The Morgan fingerprint density at radius 2 is 2.36 bits per heavy atom. The SMILES string of the molecule is CC(=C/N)/C=C1/C=CC=CC1. The highest BCUT2D eigenvalue weighted by Gasteiger charge is 1.92. The van der Waals surface area contributed by atoms with E-state index < -0.39 is 0 Å². The van der Waals surface area contributed by atoms with Crippen molar-refractivity contribution < 1.29 is 0 Å². The second-order valence-electron chi connectivity index (χ2n) is 2.62. The Balaban J connectivity index is 2.68. The van der Waals surface area contributed by atoms with Gasteiger partial charge >= 0.3 is 0 Å². The molecule has 0 amide bonds. The molecule has 0 aromatic rings. The summed E-state index contributed by atoms with van der Waals surface area (Å²) >= 11 is 0. The third kappa shape index (κ3) is 2.46. The fourth-order valence-corrected chi connectivity index (χ4v) is 0.977. The lowest BCUT2D eigenvalue weighted by molar-refractivity contribution is 1.24. The second-order valence-corrected chi connectivity index (χ2v) is 2.62. The van der Waals surface area contributed by atoms with E-state index >= 15 is 0 Å². The van der Waals surface area contributed by atoms with Crippen molar-refractivity contribution in [2.45, 2.75) is 13.3 Å². The minimum atomic E-state index is 1.02. The van der Waals surface area contributed by atoms with Gasteiger partial charge in [-0.1, -0.05) is 30.4 Å². The van der Waals surface area contributed by atoms with Crippen LogP contribution in [0, 0.1) is 0 Å². The zero-order valence-corrected chi connectivity index (χ0v) is 6.75. The van der Waals surface area contributed by atoms with Gasteiger partial charge in [-0.05, 0) is 30.7 Å². The van der Waals surface area contributed by atoms with Gasteiger partial charge in [0.25, 0.3) is 0 Å². The van der Waals surface area contributed by atoms with Crippen LogP contribution in [0.25, 0.3) is 0 Å². The van der Waals surface area contributed by atoms with Crippen LogP contribution < -0.4 is 5.73 Å². The Labute approximate surface area is 67.6 Å². The molecule has 0 spiro atoms. The van der Waals surface area contributed by atoms with E-state index in [0.29, 0.717) is 0 Å². The molecule has 0 aromatic heterocycles. The minimum absolute atomic E-state index is 1.02. The molecule has 1 heteroatoms. The fraction of sp³-hybridized carbons (Fsp3) is 0.200. The predicted molar refractivity (Wildman–Crippen MR) is 48.9 cm³/mol. The summed E-state index contributed by atoms with van der Waals surface area (Å²) in [5.41, 5.74) is 7.76. The Morgan fingerprint density at radius 1 is 1.55 bits per heavy atom. The second kappa shape index (κ2) is 3.81. The van der Waals surface area contributed by atoms with Gasteiger partial charge < -0.3 is 5.73 Å². The van der Waals surface area contributed by atoms with Gasteiger partial charge in [0.1, 0.15) is 0 Å². The number of allylic oxidation sites excluding steroid dienone is 7. The molecule has 1 nitrogen and oxygen atoms in total. The van der Waals surface area contributed by atoms with E-state index in [0.717, 1.165) is 12.0 Å². The molecular formula is C10H13N. The van der Waals surface area contributed by atoms with Crippen LogP contribution in [0.2, 0.25) is 0 Å². The minimum Gasteiger partial charge on any atom is -0.404 e. The monoisotopic (exact) mass is 147 g/mol. The molecule has 0 heterocycles. The van der Waals surface area contributed by atoms with Crippen LogP contribution >= 0.6 is 0 Å². The van der Waals surface area contributed by atoms with E-state index in [4.69, 9.17) is 5.73 Å². The van der Waals surface area contributed by atoms with Gasteiger partial charge in [0, 0.05) is 0 Å². The van der Waals surface area contributed by atoms with Crippen molar-refractivity contribution in [1.29, 1.82) is 0 Å². The van der Waals surface area contributed by atoms with E-state index in [1.54, 1.807) is 6.20 Å². The Kier molecular flexibility index (Phi) is 2.73. The highest BCUT2D eigenvalue weighted by atomic mass is 14.5. The first kappa shape index (κ1) is 7.86. The van der Waals surface area contributed by atoms with Crippen molar-refractivity contribution in [2.75, 3.05) is 0 Å². The van der Waals surface area contributed by atoms with E-state index in [2.05, 4.69) is 24.3 Å². The van der Waals surface area contributed by atoms with Gasteiger partial charge in [-0.2, -0.15) is 0 Å². The molecule has 1 aliphatic rings. The Morgan fingerprint density at radius 3 is 2.91 bits per heavy atom. The summed E-state index contributed by atoms with van der Waals surface area (Å²) in [7, 11) is 0. The van der Waals surface area contributed by atoms with Crippen molar-refractivity contribution in [3.05, 3.63) is 47.7 Å². The number of hydrogen-bond donors (Lipinski definition) is 1.